The normalized spacial score (nSPS) is 17.0. The number of ether oxygens (including phenoxy) is 1. The van der Waals surface area contributed by atoms with Gasteiger partial charge in [-0.15, -0.1) is 0 Å². The van der Waals surface area contributed by atoms with Gasteiger partial charge in [-0.25, -0.2) is 8.42 Å². The zero-order chi connectivity index (χ0) is 19.7. The van der Waals surface area contributed by atoms with Crippen molar-refractivity contribution in [1.29, 1.82) is 0 Å². The smallest absolute Gasteiger partial charge is 0.243 e. The number of hydrogen-bond donors (Lipinski definition) is 0. The molecule has 1 saturated heterocycles. The lowest BCUT2D eigenvalue weighted by Gasteiger charge is -2.31. The summed E-state index contributed by atoms with van der Waals surface area (Å²) >= 11 is 0. The van der Waals surface area contributed by atoms with Crippen LogP contribution < -0.4 is 4.74 Å². The average molecular weight is 388 g/mol. The Labute approximate surface area is 163 Å². The minimum atomic E-state index is -3.43. The van der Waals surface area contributed by atoms with E-state index in [1.54, 1.807) is 23.5 Å². The van der Waals surface area contributed by atoms with Crippen molar-refractivity contribution < 1.29 is 13.2 Å². The van der Waals surface area contributed by atoms with E-state index >= 15 is 0 Å². The van der Waals surface area contributed by atoms with Gasteiger partial charge in [-0.3, -0.25) is 0 Å². The summed E-state index contributed by atoms with van der Waals surface area (Å²) in [5.41, 5.74) is 2.40. The van der Waals surface area contributed by atoms with Crippen molar-refractivity contribution in [3.63, 3.8) is 0 Å². The van der Waals surface area contributed by atoms with Crippen LogP contribution in [0.5, 0.6) is 5.75 Å². The summed E-state index contributed by atoms with van der Waals surface area (Å²) in [6, 6.07) is 15.4. The highest BCUT2D eigenvalue weighted by atomic mass is 32.2. The molecule has 146 valence electrons. The number of benzene rings is 2. The van der Waals surface area contributed by atoms with E-state index in [0.29, 0.717) is 23.9 Å². The van der Waals surface area contributed by atoms with Gasteiger partial charge in [-0.05, 0) is 59.6 Å². The van der Waals surface area contributed by atoms with Gasteiger partial charge < -0.3 is 4.74 Å². The summed E-state index contributed by atoms with van der Waals surface area (Å²) in [5.74, 6) is 1.24. The standard InChI is InChI=1S/C22H29NO3S/c1-22(2,3)19-7-11-21(12-8-19)27(24,25)23-15-13-18(14-16-23)17-5-9-20(26-4)10-6-17/h5-12,18H,13-16H2,1-4H3. The molecule has 0 aromatic heterocycles. The van der Waals surface area contributed by atoms with Crippen molar-refractivity contribution in [3.8, 4) is 5.75 Å². The van der Waals surface area contributed by atoms with E-state index in [0.717, 1.165) is 24.2 Å². The molecule has 2 aromatic carbocycles. The molecular formula is C22H29NO3S. The average Bonchev–Trinajstić information content (AvgIpc) is 2.67. The molecule has 5 heteroatoms. The van der Waals surface area contributed by atoms with Crippen LogP contribution in [-0.2, 0) is 15.4 Å². The molecule has 0 unspecified atom stereocenters. The number of sulfonamides is 1. The first-order valence-corrected chi connectivity index (χ1v) is 10.9. The number of hydrogen-bond acceptors (Lipinski definition) is 3. The Kier molecular flexibility index (Phi) is 5.63. The Bertz CT molecular complexity index is 857. The molecule has 1 fully saturated rings. The number of piperidine rings is 1. The lowest BCUT2D eigenvalue weighted by atomic mass is 9.87. The molecule has 0 aliphatic carbocycles. The van der Waals surface area contributed by atoms with Crippen molar-refractivity contribution in [1.82, 2.24) is 4.31 Å². The molecule has 0 spiro atoms. The maximum Gasteiger partial charge on any atom is 0.243 e. The van der Waals surface area contributed by atoms with Crippen molar-refractivity contribution in [3.05, 3.63) is 59.7 Å². The molecule has 0 bridgehead atoms. The third-order valence-corrected chi connectivity index (χ3v) is 7.31. The van der Waals surface area contributed by atoms with Crippen molar-refractivity contribution in [2.75, 3.05) is 20.2 Å². The molecule has 27 heavy (non-hydrogen) atoms. The minimum absolute atomic E-state index is 0.0129. The Morgan fingerprint density at radius 1 is 0.926 bits per heavy atom. The second-order valence-corrected chi connectivity index (χ2v) is 10.2. The van der Waals surface area contributed by atoms with Crippen molar-refractivity contribution in [2.24, 2.45) is 0 Å². The molecular weight excluding hydrogens is 358 g/mol. The Morgan fingerprint density at radius 2 is 1.48 bits per heavy atom. The molecule has 4 nitrogen and oxygen atoms in total. The third-order valence-electron chi connectivity index (χ3n) is 5.40. The maximum absolute atomic E-state index is 13.0. The summed E-state index contributed by atoms with van der Waals surface area (Å²) in [7, 11) is -1.77. The molecule has 0 amide bonds. The van der Waals surface area contributed by atoms with Gasteiger partial charge in [0.25, 0.3) is 0 Å². The summed E-state index contributed by atoms with van der Waals surface area (Å²) in [6.07, 6.45) is 1.68. The van der Waals surface area contributed by atoms with E-state index in [4.69, 9.17) is 4.74 Å². The summed E-state index contributed by atoms with van der Waals surface area (Å²) in [5, 5.41) is 0. The van der Waals surface area contributed by atoms with E-state index in [2.05, 4.69) is 32.9 Å². The molecule has 1 aliphatic rings. The van der Waals surface area contributed by atoms with Crippen LogP contribution in [0.25, 0.3) is 0 Å². The van der Waals surface area contributed by atoms with E-state index in [1.165, 1.54) is 5.56 Å². The van der Waals surface area contributed by atoms with Gasteiger partial charge in [-0.1, -0.05) is 45.0 Å². The molecule has 0 saturated carbocycles. The maximum atomic E-state index is 13.0. The summed E-state index contributed by atoms with van der Waals surface area (Å²) in [6.45, 7) is 7.49. The van der Waals surface area contributed by atoms with Crippen LogP contribution in [0, 0.1) is 0 Å². The van der Waals surface area contributed by atoms with Gasteiger partial charge in [-0.2, -0.15) is 4.31 Å². The fourth-order valence-corrected chi connectivity index (χ4v) is 5.05. The van der Waals surface area contributed by atoms with E-state index in [9.17, 15) is 8.42 Å². The van der Waals surface area contributed by atoms with Gasteiger partial charge in [0, 0.05) is 13.1 Å². The van der Waals surface area contributed by atoms with Crippen LogP contribution in [-0.4, -0.2) is 32.9 Å². The second kappa shape index (κ2) is 7.64. The highest BCUT2D eigenvalue weighted by Gasteiger charge is 2.30. The van der Waals surface area contributed by atoms with Gasteiger partial charge >= 0.3 is 0 Å². The van der Waals surface area contributed by atoms with Gasteiger partial charge in [0.05, 0.1) is 12.0 Å². The Morgan fingerprint density at radius 3 is 1.96 bits per heavy atom. The monoisotopic (exact) mass is 387 g/mol. The second-order valence-electron chi connectivity index (χ2n) is 8.23. The topological polar surface area (TPSA) is 46.6 Å². The van der Waals surface area contributed by atoms with Crippen LogP contribution in [0.4, 0.5) is 0 Å². The first-order chi connectivity index (χ1) is 12.7. The zero-order valence-electron chi connectivity index (χ0n) is 16.6. The van der Waals surface area contributed by atoms with Crippen LogP contribution in [0.15, 0.2) is 53.4 Å². The molecule has 0 N–H and O–H groups in total. The molecule has 3 rings (SSSR count). The minimum Gasteiger partial charge on any atom is -0.497 e. The summed E-state index contributed by atoms with van der Waals surface area (Å²) in [4.78, 5) is 0.387. The van der Waals surface area contributed by atoms with Crippen molar-refractivity contribution in [2.45, 2.75) is 49.8 Å². The third kappa shape index (κ3) is 4.36. The highest BCUT2D eigenvalue weighted by molar-refractivity contribution is 7.89. The predicted molar refractivity (Wildman–Crippen MR) is 109 cm³/mol. The van der Waals surface area contributed by atoms with Crippen LogP contribution >= 0.6 is 0 Å². The lowest BCUT2D eigenvalue weighted by molar-refractivity contribution is 0.319. The first-order valence-electron chi connectivity index (χ1n) is 9.46. The number of rotatable bonds is 4. The molecule has 2 aromatic rings. The fourth-order valence-electron chi connectivity index (χ4n) is 3.58. The SMILES string of the molecule is COc1ccc(C2CCN(S(=O)(=O)c3ccc(C(C)(C)C)cc3)CC2)cc1. The van der Waals surface area contributed by atoms with E-state index in [-0.39, 0.29) is 5.41 Å². The summed E-state index contributed by atoms with van der Waals surface area (Å²) < 4.78 is 32.8. The Hall–Kier alpha value is -1.85. The highest BCUT2D eigenvalue weighted by Crippen LogP contribution is 2.32. The zero-order valence-corrected chi connectivity index (χ0v) is 17.4. The van der Waals surface area contributed by atoms with Crippen LogP contribution in [0.3, 0.4) is 0 Å². The molecule has 0 atom stereocenters. The Balaban J connectivity index is 1.69. The largest absolute Gasteiger partial charge is 0.497 e. The molecule has 1 heterocycles. The van der Waals surface area contributed by atoms with E-state index < -0.39 is 10.0 Å². The molecule has 0 radical (unpaired) electrons. The molecule has 1 aliphatic heterocycles. The van der Waals surface area contributed by atoms with Gasteiger partial charge in [0.15, 0.2) is 0 Å². The van der Waals surface area contributed by atoms with Crippen LogP contribution in [0.2, 0.25) is 0 Å². The number of methoxy groups -OCH3 is 1. The van der Waals surface area contributed by atoms with Crippen molar-refractivity contribution >= 4 is 10.0 Å². The quantitative estimate of drug-likeness (QED) is 0.772. The van der Waals surface area contributed by atoms with Gasteiger partial charge in [0.2, 0.25) is 10.0 Å². The fraction of sp³-hybridized carbons (Fsp3) is 0.455. The predicted octanol–water partition coefficient (Wildman–Crippen LogP) is 4.56. The van der Waals surface area contributed by atoms with Crippen LogP contribution in [0.1, 0.15) is 50.7 Å². The number of nitrogens with zero attached hydrogens (tertiary/aromatic N) is 1. The first kappa shape index (κ1) is 19.9. The van der Waals surface area contributed by atoms with Gasteiger partial charge in [0.1, 0.15) is 5.75 Å². The lowest BCUT2D eigenvalue weighted by Crippen LogP contribution is -2.37. The van der Waals surface area contributed by atoms with E-state index in [1.807, 2.05) is 24.3 Å².